The average Bonchev–Trinajstić information content (AvgIpc) is 3.24. The van der Waals surface area contributed by atoms with E-state index in [0.717, 1.165) is 40.6 Å². The molecule has 2 aromatic carbocycles. The smallest absolute Gasteiger partial charge is 0.180 e. The second-order valence-electron chi connectivity index (χ2n) is 6.91. The zero-order chi connectivity index (χ0) is 21.6. The number of hydrogen-bond acceptors (Lipinski definition) is 6. The van der Waals surface area contributed by atoms with Gasteiger partial charge in [-0.2, -0.15) is 0 Å². The van der Waals surface area contributed by atoms with Gasteiger partial charge >= 0.3 is 0 Å². The summed E-state index contributed by atoms with van der Waals surface area (Å²) in [6, 6.07) is 17.0. The fourth-order valence-corrected chi connectivity index (χ4v) is 3.24. The Hall–Kier alpha value is -3.87. The number of ether oxygens (including phenoxy) is 4. The van der Waals surface area contributed by atoms with Gasteiger partial charge in [0.2, 0.25) is 0 Å². The zero-order valence-corrected chi connectivity index (χ0v) is 17.6. The van der Waals surface area contributed by atoms with E-state index >= 15 is 0 Å². The van der Waals surface area contributed by atoms with Gasteiger partial charge in [0.15, 0.2) is 11.4 Å². The molecule has 0 aliphatic carbocycles. The summed E-state index contributed by atoms with van der Waals surface area (Å²) in [6.45, 7) is 1.08. The van der Waals surface area contributed by atoms with Crippen molar-refractivity contribution in [3.8, 4) is 34.3 Å². The molecule has 2 heterocycles. The van der Waals surface area contributed by atoms with Gasteiger partial charge in [0.25, 0.3) is 0 Å². The number of rotatable bonds is 9. The summed E-state index contributed by atoms with van der Waals surface area (Å²) in [5.41, 5.74) is 9.10. The number of pyridine rings is 1. The highest BCUT2D eigenvalue weighted by atomic mass is 16.5. The monoisotopic (exact) mass is 419 g/mol. The lowest BCUT2D eigenvalue weighted by molar-refractivity contribution is 0.248. The molecule has 7 nitrogen and oxygen atoms in total. The molecule has 0 amide bonds. The minimum atomic E-state index is 0.521. The predicted molar refractivity (Wildman–Crippen MR) is 120 cm³/mol. The lowest BCUT2D eigenvalue weighted by Gasteiger charge is -2.09. The summed E-state index contributed by atoms with van der Waals surface area (Å²) in [5, 5.41) is 0. The zero-order valence-electron chi connectivity index (χ0n) is 17.6. The number of nitrogen functional groups attached to an aromatic ring is 1. The summed E-state index contributed by atoms with van der Waals surface area (Å²) in [7, 11) is 3.24. The SMILES string of the molecule is COc1ccc(OCCCOc2cccn3cc(-c4ccc(OC)c(N)c4)nc23)cc1. The van der Waals surface area contributed by atoms with E-state index < -0.39 is 0 Å². The van der Waals surface area contributed by atoms with E-state index in [0.29, 0.717) is 24.7 Å². The molecule has 0 aliphatic heterocycles. The minimum Gasteiger partial charge on any atom is -0.497 e. The topological polar surface area (TPSA) is 80.2 Å². The molecule has 160 valence electrons. The van der Waals surface area contributed by atoms with Crippen LogP contribution in [0.1, 0.15) is 6.42 Å². The van der Waals surface area contributed by atoms with Gasteiger partial charge in [-0.25, -0.2) is 4.98 Å². The highest BCUT2D eigenvalue weighted by Gasteiger charge is 2.10. The molecule has 0 fully saturated rings. The van der Waals surface area contributed by atoms with E-state index in [1.807, 2.05) is 71.4 Å². The molecule has 0 aliphatic rings. The number of nitrogens with two attached hydrogens (primary N) is 1. The first kappa shape index (κ1) is 20.4. The Morgan fingerprint density at radius 1 is 0.871 bits per heavy atom. The fourth-order valence-electron chi connectivity index (χ4n) is 3.24. The van der Waals surface area contributed by atoms with Crippen LogP contribution in [-0.4, -0.2) is 36.8 Å². The second kappa shape index (κ2) is 9.30. The molecule has 0 bridgehead atoms. The number of methoxy groups -OCH3 is 2. The standard InChI is InChI=1S/C24H25N3O4/c1-28-18-7-9-19(10-8-18)30-13-4-14-31-23-5-3-12-27-16-21(26-24(23)27)17-6-11-22(29-2)20(25)15-17/h3,5-12,15-16H,4,13-14,25H2,1-2H3. The van der Waals surface area contributed by atoms with Crippen molar-refractivity contribution < 1.29 is 18.9 Å². The van der Waals surface area contributed by atoms with E-state index in [1.54, 1.807) is 14.2 Å². The molecule has 0 atom stereocenters. The number of benzene rings is 2. The molecular formula is C24H25N3O4. The van der Waals surface area contributed by atoms with Crippen LogP contribution >= 0.6 is 0 Å². The van der Waals surface area contributed by atoms with E-state index in [4.69, 9.17) is 29.7 Å². The first-order valence-corrected chi connectivity index (χ1v) is 9.99. The van der Waals surface area contributed by atoms with Crippen molar-refractivity contribution in [1.29, 1.82) is 0 Å². The largest absolute Gasteiger partial charge is 0.497 e. The van der Waals surface area contributed by atoms with Crippen molar-refractivity contribution in [3.63, 3.8) is 0 Å². The van der Waals surface area contributed by atoms with Crippen LogP contribution in [0.2, 0.25) is 0 Å². The van der Waals surface area contributed by atoms with Gasteiger partial charge in [0, 0.05) is 24.4 Å². The molecule has 31 heavy (non-hydrogen) atoms. The van der Waals surface area contributed by atoms with E-state index in [2.05, 4.69) is 0 Å². The van der Waals surface area contributed by atoms with Crippen LogP contribution in [0.15, 0.2) is 67.0 Å². The Labute approximate surface area is 181 Å². The number of nitrogens with zero attached hydrogens (tertiary/aromatic N) is 2. The minimum absolute atomic E-state index is 0.521. The maximum Gasteiger partial charge on any atom is 0.180 e. The maximum absolute atomic E-state index is 6.04. The maximum atomic E-state index is 6.04. The molecule has 0 spiro atoms. The van der Waals surface area contributed by atoms with Gasteiger partial charge in [-0.3, -0.25) is 0 Å². The third kappa shape index (κ3) is 4.66. The molecule has 0 radical (unpaired) electrons. The van der Waals surface area contributed by atoms with Crippen molar-refractivity contribution >= 4 is 11.3 Å². The van der Waals surface area contributed by atoms with Gasteiger partial charge in [0.1, 0.15) is 17.2 Å². The normalized spacial score (nSPS) is 10.8. The first-order chi connectivity index (χ1) is 15.2. The van der Waals surface area contributed by atoms with Gasteiger partial charge in [-0.1, -0.05) is 0 Å². The molecule has 7 heteroatoms. The summed E-state index contributed by atoms with van der Waals surface area (Å²) < 4.78 is 24.0. The number of fused-ring (bicyclic) bond motifs is 1. The first-order valence-electron chi connectivity index (χ1n) is 9.99. The van der Waals surface area contributed by atoms with Gasteiger partial charge in [-0.15, -0.1) is 0 Å². The Morgan fingerprint density at radius 2 is 1.65 bits per heavy atom. The van der Waals surface area contributed by atoms with Gasteiger partial charge in [0.05, 0.1) is 38.8 Å². The van der Waals surface area contributed by atoms with Crippen molar-refractivity contribution in [2.24, 2.45) is 0 Å². The van der Waals surface area contributed by atoms with Crippen LogP contribution in [0.4, 0.5) is 5.69 Å². The highest BCUT2D eigenvalue weighted by Crippen LogP contribution is 2.29. The second-order valence-corrected chi connectivity index (χ2v) is 6.91. The average molecular weight is 419 g/mol. The van der Waals surface area contributed by atoms with Crippen LogP contribution in [0, 0.1) is 0 Å². The molecule has 2 N–H and O–H groups in total. The van der Waals surface area contributed by atoms with Crippen LogP contribution in [-0.2, 0) is 0 Å². The Bertz CT molecular complexity index is 1160. The molecule has 0 unspecified atom stereocenters. The molecule has 4 rings (SSSR count). The molecular weight excluding hydrogens is 394 g/mol. The Kier molecular flexibility index (Phi) is 6.12. The third-order valence-corrected chi connectivity index (χ3v) is 4.85. The van der Waals surface area contributed by atoms with Gasteiger partial charge < -0.3 is 29.1 Å². The van der Waals surface area contributed by atoms with Crippen LogP contribution in [0.5, 0.6) is 23.0 Å². The van der Waals surface area contributed by atoms with E-state index in [9.17, 15) is 0 Å². The summed E-state index contributed by atoms with van der Waals surface area (Å²) >= 11 is 0. The van der Waals surface area contributed by atoms with E-state index in [-0.39, 0.29) is 0 Å². The summed E-state index contributed by atoms with van der Waals surface area (Å²) in [4.78, 5) is 4.74. The highest BCUT2D eigenvalue weighted by molar-refractivity contribution is 5.71. The third-order valence-electron chi connectivity index (χ3n) is 4.85. The number of aromatic nitrogens is 2. The van der Waals surface area contributed by atoms with Crippen LogP contribution in [0.3, 0.4) is 0 Å². The molecule has 2 aromatic heterocycles. The van der Waals surface area contributed by atoms with Gasteiger partial charge in [-0.05, 0) is 54.6 Å². The Balaban J connectivity index is 1.38. The summed E-state index contributed by atoms with van der Waals surface area (Å²) in [6.07, 6.45) is 4.64. The number of anilines is 1. The van der Waals surface area contributed by atoms with Crippen LogP contribution in [0.25, 0.3) is 16.9 Å². The number of hydrogen-bond donors (Lipinski definition) is 1. The molecule has 0 saturated carbocycles. The van der Waals surface area contributed by atoms with Crippen molar-refractivity contribution in [1.82, 2.24) is 9.38 Å². The summed E-state index contributed by atoms with van der Waals surface area (Å²) in [5.74, 6) is 2.98. The lowest BCUT2D eigenvalue weighted by atomic mass is 10.1. The lowest BCUT2D eigenvalue weighted by Crippen LogP contribution is -2.05. The fraction of sp³-hybridized carbons (Fsp3) is 0.208. The van der Waals surface area contributed by atoms with E-state index in [1.165, 1.54) is 0 Å². The van der Waals surface area contributed by atoms with Crippen molar-refractivity contribution in [2.75, 3.05) is 33.2 Å². The Morgan fingerprint density at radius 3 is 2.39 bits per heavy atom. The van der Waals surface area contributed by atoms with Crippen LogP contribution < -0.4 is 24.7 Å². The molecule has 4 aromatic rings. The van der Waals surface area contributed by atoms with Crippen molar-refractivity contribution in [3.05, 3.63) is 67.0 Å². The predicted octanol–water partition coefficient (Wildman–Crippen LogP) is 4.45. The van der Waals surface area contributed by atoms with Crippen molar-refractivity contribution in [2.45, 2.75) is 6.42 Å². The number of imidazole rings is 1. The molecule has 0 saturated heterocycles. The quantitative estimate of drug-likeness (QED) is 0.319.